The maximum Gasteiger partial charge on any atom is 0.258 e. The molecule has 2 aromatic carbocycles. The van der Waals surface area contributed by atoms with Crippen LogP contribution in [0, 0.1) is 0 Å². The maximum absolute atomic E-state index is 12.0. The summed E-state index contributed by atoms with van der Waals surface area (Å²) in [6, 6.07) is 12.1. The molecule has 1 aliphatic rings. The number of hydrogen-bond acceptors (Lipinski definition) is 3. The molecule has 0 saturated heterocycles. The zero-order valence-corrected chi connectivity index (χ0v) is 12.0. The molecule has 4 rings (SSSR count). The monoisotopic (exact) mass is 292 g/mol. The molecule has 0 radical (unpaired) electrons. The lowest BCUT2D eigenvalue weighted by atomic mass is 9.80. The van der Waals surface area contributed by atoms with Crippen molar-refractivity contribution in [3.05, 3.63) is 69.8 Å². The van der Waals surface area contributed by atoms with Crippen LogP contribution in [0.5, 0.6) is 5.75 Å². The van der Waals surface area contributed by atoms with Gasteiger partial charge in [-0.25, -0.2) is 4.98 Å². The smallest absolute Gasteiger partial charge is 0.258 e. The third-order valence-corrected chi connectivity index (χ3v) is 4.56. The summed E-state index contributed by atoms with van der Waals surface area (Å²) in [5, 5.41) is 10.6. The minimum atomic E-state index is -0.210. The number of phenolic OH excluding ortho intramolecular Hbond substituents is 1. The lowest BCUT2D eigenvalue weighted by Gasteiger charge is -2.25. The van der Waals surface area contributed by atoms with Gasteiger partial charge in [-0.2, -0.15) is 0 Å². The summed E-state index contributed by atoms with van der Waals surface area (Å²) in [5.74, 6) is 0.405. The molecule has 0 amide bonds. The lowest BCUT2D eigenvalue weighted by Crippen LogP contribution is -2.14. The summed E-state index contributed by atoms with van der Waals surface area (Å²) >= 11 is 0. The highest BCUT2D eigenvalue weighted by atomic mass is 16.3. The predicted octanol–water partition coefficient (Wildman–Crippen LogP) is 2.90. The number of aromatic amines is 1. The molecule has 1 unspecified atom stereocenters. The van der Waals surface area contributed by atoms with E-state index in [1.54, 1.807) is 6.07 Å². The topological polar surface area (TPSA) is 66.0 Å². The zero-order chi connectivity index (χ0) is 15.1. The van der Waals surface area contributed by atoms with Gasteiger partial charge in [-0.3, -0.25) is 4.79 Å². The minimum absolute atomic E-state index is 0.0810. The second-order valence-electron chi connectivity index (χ2n) is 5.88. The molecule has 0 bridgehead atoms. The second-order valence-corrected chi connectivity index (χ2v) is 5.88. The molecule has 22 heavy (non-hydrogen) atoms. The Labute approximate surface area is 127 Å². The van der Waals surface area contributed by atoms with Gasteiger partial charge in [0, 0.05) is 0 Å². The van der Waals surface area contributed by atoms with E-state index in [1.807, 2.05) is 6.07 Å². The largest absolute Gasteiger partial charge is 0.506 e. The van der Waals surface area contributed by atoms with E-state index in [0.29, 0.717) is 16.8 Å². The van der Waals surface area contributed by atoms with Crippen molar-refractivity contribution in [1.82, 2.24) is 9.97 Å². The van der Waals surface area contributed by atoms with Gasteiger partial charge in [0.05, 0.1) is 11.7 Å². The Morgan fingerprint density at radius 1 is 1.18 bits per heavy atom. The molecule has 0 fully saturated rings. The van der Waals surface area contributed by atoms with Crippen molar-refractivity contribution < 1.29 is 5.11 Å². The van der Waals surface area contributed by atoms with Crippen LogP contribution in [0.25, 0.3) is 10.9 Å². The van der Waals surface area contributed by atoms with Gasteiger partial charge in [0.1, 0.15) is 11.3 Å². The molecule has 1 aromatic heterocycles. The van der Waals surface area contributed by atoms with Crippen LogP contribution in [0.4, 0.5) is 0 Å². The van der Waals surface area contributed by atoms with Crippen molar-refractivity contribution in [3.63, 3.8) is 0 Å². The first-order chi connectivity index (χ1) is 10.7. The van der Waals surface area contributed by atoms with Crippen molar-refractivity contribution in [3.8, 4) is 5.75 Å². The van der Waals surface area contributed by atoms with Gasteiger partial charge >= 0.3 is 0 Å². The van der Waals surface area contributed by atoms with E-state index >= 15 is 0 Å². The second kappa shape index (κ2) is 4.98. The summed E-state index contributed by atoms with van der Waals surface area (Å²) in [6.45, 7) is 0. The van der Waals surface area contributed by atoms with Gasteiger partial charge in [0.2, 0.25) is 0 Å². The average molecular weight is 292 g/mol. The van der Waals surface area contributed by atoms with Crippen LogP contribution in [0.2, 0.25) is 0 Å². The molecule has 1 aliphatic carbocycles. The molecular weight excluding hydrogens is 276 g/mol. The maximum atomic E-state index is 12.0. The van der Waals surface area contributed by atoms with E-state index in [9.17, 15) is 9.90 Å². The van der Waals surface area contributed by atoms with Crippen molar-refractivity contribution in [2.45, 2.75) is 25.2 Å². The van der Waals surface area contributed by atoms with Crippen molar-refractivity contribution in [2.75, 3.05) is 0 Å². The van der Waals surface area contributed by atoms with E-state index in [2.05, 4.69) is 34.2 Å². The fraction of sp³-hybridized carbons (Fsp3) is 0.222. The van der Waals surface area contributed by atoms with E-state index in [1.165, 1.54) is 17.5 Å². The first-order valence-electron chi connectivity index (χ1n) is 7.49. The number of fused-ring (bicyclic) bond motifs is 2. The zero-order valence-electron chi connectivity index (χ0n) is 12.0. The number of aromatic nitrogens is 2. The molecule has 4 nitrogen and oxygen atoms in total. The van der Waals surface area contributed by atoms with Crippen LogP contribution in [0.3, 0.4) is 0 Å². The van der Waals surface area contributed by atoms with E-state index in [0.717, 1.165) is 24.8 Å². The van der Waals surface area contributed by atoms with Crippen molar-refractivity contribution >= 4 is 10.9 Å². The van der Waals surface area contributed by atoms with Crippen molar-refractivity contribution in [2.24, 2.45) is 0 Å². The summed E-state index contributed by atoms with van der Waals surface area (Å²) < 4.78 is 0. The van der Waals surface area contributed by atoms with Gasteiger partial charge in [0.25, 0.3) is 5.56 Å². The number of aromatic hydroxyl groups is 1. The average Bonchev–Trinajstić information content (AvgIpc) is 2.55. The first-order valence-corrected chi connectivity index (χ1v) is 7.49. The van der Waals surface area contributed by atoms with E-state index in [4.69, 9.17) is 0 Å². The van der Waals surface area contributed by atoms with E-state index < -0.39 is 0 Å². The Kier molecular flexibility index (Phi) is 2.96. The van der Waals surface area contributed by atoms with Crippen LogP contribution in [0.15, 0.2) is 47.5 Å². The molecule has 110 valence electrons. The molecule has 1 heterocycles. The predicted molar refractivity (Wildman–Crippen MR) is 85.2 cm³/mol. The van der Waals surface area contributed by atoms with E-state index in [-0.39, 0.29) is 11.3 Å². The molecule has 0 spiro atoms. The summed E-state index contributed by atoms with van der Waals surface area (Å²) in [4.78, 5) is 18.6. The fourth-order valence-electron chi connectivity index (χ4n) is 3.40. The number of aryl methyl sites for hydroxylation is 1. The number of rotatable bonds is 1. The van der Waals surface area contributed by atoms with Gasteiger partial charge in [0.15, 0.2) is 0 Å². The fourth-order valence-corrected chi connectivity index (χ4v) is 3.40. The summed E-state index contributed by atoms with van der Waals surface area (Å²) in [5.41, 5.74) is 3.93. The number of H-pyrrole nitrogens is 1. The first kappa shape index (κ1) is 13.1. The van der Waals surface area contributed by atoms with Crippen LogP contribution in [-0.4, -0.2) is 15.1 Å². The number of benzene rings is 2. The normalized spacial score (nSPS) is 17.4. The minimum Gasteiger partial charge on any atom is -0.506 e. The molecule has 0 saturated carbocycles. The standard InChI is InChI=1S/C18H16N2O2/c21-16-9-14(8-15-17(16)19-10-20-18(15)22)13-6-5-11-3-1-2-4-12(11)7-13/h1-4,8-10,13,21H,5-7H2,(H,19,20,22). The lowest BCUT2D eigenvalue weighted by molar-refractivity contribution is 0.477. The van der Waals surface area contributed by atoms with Crippen LogP contribution in [0.1, 0.15) is 29.0 Å². The Hall–Kier alpha value is -2.62. The number of nitrogens with zero attached hydrogens (tertiary/aromatic N) is 1. The van der Waals surface area contributed by atoms with Crippen LogP contribution >= 0.6 is 0 Å². The third-order valence-electron chi connectivity index (χ3n) is 4.56. The molecule has 4 heteroatoms. The SMILES string of the molecule is O=c1[nH]cnc2c(O)cc(C3CCc4ccccc4C3)cc12. The van der Waals surface area contributed by atoms with Gasteiger partial charge in [-0.15, -0.1) is 0 Å². The quantitative estimate of drug-likeness (QED) is 0.724. The van der Waals surface area contributed by atoms with Gasteiger partial charge in [-0.1, -0.05) is 24.3 Å². The van der Waals surface area contributed by atoms with Crippen LogP contribution < -0.4 is 5.56 Å². The number of nitrogens with one attached hydrogen (secondary N) is 1. The Morgan fingerprint density at radius 3 is 2.86 bits per heavy atom. The number of hydrogen-bond donors (Lipinski definition) is 2. The number of phenols is 1. The van der Waals surface area contributed by atoms with Crippen molar-refractivity contribution in [1.29, 1.82) is 0 Å². The summed E-state index contributed by atoms with van der Waals surface area (Å²) in [6.07, 6.45) is 4.32. The molecule has 0 aliphatic heterocycles. The van der Waals surface area contributed by atoms with Crippen LogP contribution in [-0.2, 0) is 12.8 Å². The Balaban J connectivity index is 1.79. The molecule has 1 atom stereocenters. The Bertz CT molecular complexity index is 914. The highest BCUT2D eigenvalue weighted by Crippen LogP contribution is 2.35. The highest BCUT2D eigenvalue weighted by molar-refractivity contribution is 5.84. The molecule has 3 aromatic rings. The van der Waals surface area contributed by atoms with Gasteiger partial charge in [-0.05, 0) is 54.0 Å². The summed E-state index contributed by atoms with van der Waals surface area (Å²) in [7, 11) is 0. The Morgan fingerprint density at radius 2 is 2.00 bits per heavy atom. The molecule has 2 N–H and O–H groups in total. The van der Waals surface area contributed by atoms with Gasteiger partial charge < -0.3 is 10.1 Å². The highest BCUT2D eigenvalue weighted by Gasteiger charge is 2.21. The third kappa shape index (κ3) is 2.08. The molecular formula is C18H16N2O2.